The van der Waals surface area contributed by atoms with Crippen molar-refractivity contribution in [2.24, 2.45) is 17.3 Å². The first-order chi connectivity index (χ1) is 9.91. The summed E-state index contributed by atoms with van der Waals surface area (Å²) < 4.78 is 0. The molecule has 3 nitrogen and oxygen atoms in total. The van der Waals surface area contributed by atoms with Gasteiger partial charge in [-0.05, 0) is 45.4 Å². The molecule has 0 saturated carbocycles. The van der Waals surface area contributed by atoms with E-state index in [1.807, 2.05) is 12.2 Å². The molecule has 0 bridgehead atoms. The summed E-state index contributed by atoms with van der Waals surface area (Å²) in [5.74, 6) is -1.34. The average molecular weight is 291 g/mol. The van der Waals surface area contributed by atoms with Crippen LogP contribution in [0.25, 0.3) is 0 Å². The zero-order chi connectivity index (χ0) is 15.9. The number of hydrogen-bond acceptors (Lipinski definition) is 3. The lowest BCUT2D eigenvalue weighted by Gasteiger charge is -2.38. The number of aliphatic hydroxyl groups is 1. The van der Waals surface area contributed by atoms with Crippen molar-refractivity contribution in [1.82, 2.24) is 0 Å². The molecule has 1 rings (SSSR count). The van der Waals surface area contributed by atoms with E-state index in [1.54, 1.807) is 12.2 Å². The highest BCUT2D eigenvalue weighted by Crippen LogP contribution is 2.39. The molecule has 1 aliphatic carbocycles. The molecule has 3 unspecified atom stereocenters. The molecule has 0 amide bonds. The standard InChI is InChI=1S/C18H28O3/c1-14(2)7-6-8-15(3)10-12-18(13-19)11-5-4-9-16(18)17(20)21/h4-5,7,9,11,15-16,19H,6,8,10,12-13H2,1-3H3,(H,20,21)/p-1. The largest absolute Gasteiger partial charge is 0.549 e. The minimum Gasteiger partial charge on any atom is -0.549 e. The molecule has 1 aliphatic rings. The third-order valence-electron chi connectivity index (χ3n) is 4.33. The van der Waals surface area contributed by atoms with E-state index in [4.69, 9.17) is 0 Å². The first-order valence-electron chi connectivity index (χ1n) is 7.72. The monoisotopic (exact) mass is 291 g/mol. The summed E-state index contributed by atoms with van der Waals surface area (Å²) in [5.41, 5.74) is 0.615. The minimum atomic E-state index is -1.11. The summed E-state index contributed by atoms with van der Waals surface area (Å²) in [4.78, 5) is 11.3. The summed E-state index contributed by atoms with van der Waals surface area (Å²) in [6.07, 6.45) is 12.9. The van der Waals surface area contributed by atoms with Gasteiger partial charge in [0.1, 0.15) is 0 Å². The second-order valence-electron chi connectivity index (χ2n) is 6.43. The molecule has 1 N–H and O–H groups in total. The second-order valence-corrected chi connectivity index (χ2v) is 6.43. The van der Waals surface area contributed by atoms with Gasteiger partial charge in [0.2, 0.25) is 0 Å². The number of allylic oxidation sites excluding steroid dienone is 4. The summed E-state index contributed by atoms with van der Waals surface area (Å²) in [6, 6.07) is 0. The molecule has 0 spiro atoms. The van der Waals surface area contributed by atoms with E-state index in [2.05, 4.69) is 26.8 Å². The SMILES string of the molecule is CC(C)=CCCC(C)CCC1(CO)C=CC=CC1C(=O)[O-]. The van der Waals surface area contributed by atoms with Gasteiger partial charge in [0.05, 0.1) is 6.61 Å². The Balaban J connectivity index is 2.60. The normalized spacial score (nSPS) is 25.6. The number of aliphatic hydroxyl groups excluding tert-OH is 1. The first-order valence-corrected chi connectivity index (χ1v) is 7.72. The van der Waals surface area contributed by atoms with Crippen LogP contribution in [0.2, 0.25) is 0 Å². The van der Waals surface area contributed by atoms with Crippen LogP contribution in [0.3, 0.4) is 0 Å². The van der Waals surface area contributed by atoms with Crippen molar-refractivity contribution in [2.75, 3.05) is 6.61 Å². The van der Waals surface area contributed by atoms with Crippen LogP contribution in [0.15, 0.2) is 36.0 Å². The van der Waals surface area contributed by atoms with E-state index in [0.29, 0.717) is 12.3 Å². The Bertz CT molecular complexity index is 430. The van der Waals surface area contributed by atoms with Crippen LogP contribution in [0.4, 0.5) is 0 Å². The van der Waals surface area contributed by atoms with Crippen molar-refractivity contribution in [2.45, 2.75) is 46.5 Å². The predicted molar refractivity (Wildman–Crippen MR) is 83.4 cm³/mol. The highest BCUT2D eigenvalue weighted by molar-refractivity contribution is 5.72. The number of hydrogen-bond donors (Lipinski definition) is 1. The molecule has 0 saturated heterocycles. The van der Waals surface area contributed by atoms with Crippen LogP contribution in [0.1, 0.15) is 46.5 Å². The smallest absolute Gasteiger partial charge is 0.0531 e. The molecule has 0 fully saturated rings. The number of rotatable bonds is 8. The van der Waals surface area contributed by atoms with E-state index >= 15 is 0 Å². The molecule has 118 valence electrons. The van der Waals surface area contributed by atoms with Gasteiger partial charge in [0.25, 0.3) is 0 Å². The van der Waals surface area contributed by atoms with E-state index in [9.17, 15) is 15.0 Å². The molecule has 0 aromatic rings. The van der Waals surface area contributed by atoms with E-state index in [0.717, 1.165) is 19.3 Å². The Kier molecular flexibility index (Phi) is 6.90. The van der Waals surface area contributed by atoms with E-state index in [1.165, 1.54) is 5.57 Å². The number of carboxylic acids is 1. The van der Waals surface area contributed by atoms with Gasteiger partial charge in [-0.1, -0.05) is 42.9 Å². The maximum atomic E-state index is 11.3. The quantitative estimate of drug-likeness (QED) is 0.699. The highest BCUT2D eigenvalue weighted by atomic mass is 16.4. The molecule has 21 heavy (non-hydrogen) atoms. The molecular weight excluding hydrogens is 264 g/mol. The van der Waals surface area contributed by atoms with Gasteiger partial charge in [0, 0.05) is 17.3 Å². The number of carbonyl (C=O) groups is 1. The Morgan fingerprint density at radius 2 is 2.10 bits per heavy atom. The molecule has 0 aliphatic heterocycles. The fourth-order valence-corrected chi connectivity index (χ4v) is 2.82. The fraction of sp³-hybridized carbons (Fsp3) is 0.611. The summed E-state index contributed by atoms with van der Waals surface area (Å²) in [7, 11) is 0. The molecule has 0 radical (unpaired) electrons. The summed E-state index contributed by atoms with van der Waals surface area (Å²) >= 11 is 0. The number of aliphatic carboxylic acids is 1. The zero-order valence-corrected chi connectivity index (χ0v) is 13.3. The second kappa shape index (κ2) is 8.18. The lowest BCUT2D eigenvalue weighted by Crippen LogP contribution is -2.44. The maximum absolute atomic E-state index is 11.3. The summed E-state index contributed by atoms with van der Waals surface area (Å²) in [5, 5.41) is 21.0. The molecule has 3 heteroatoms. The summed E-state index contributed by atoms with van der Waals surface area (Å²) in [6.45, 7) is 6.21. The van der Waals surface area contributed by atoms with Gasteiger partial charge in [0.15, 0.2) is 0 Å². The van der Waals surface area contributed by atoms with Crippen molar-refractivity contribution in [3.63, 3.8) is 0 Å². The van der Waals surface area contributed by atoms with Crippen molar-refractivity contribution in [1.29, 1.82) is 0 Å². The third-order valence-corrected chi connectivity index (χ3v) is 4.33. The van der Waals surface area contributed by atoms with Gasteiger partial charge in [-0.2, -0.15) is 0 Å². The topological polar surface area (TPSA) is 60.4 Å². The Morgan fingerprint density at radius 1 is 1.38 bits per heavy atom. The van der Waals surface area contributed by atoms with Crippen LogP contribution in [-0.4, -0.2) is 17.7 Å². The number of carbonyl (C=O) groups excluding carboxylic acids is 1. The molecular formula is C18H27O3-. The fourth-order valence-electron chi connectivity index (χ4n) is 2.82. The average Bonchev–Trinajstić information content (AvgIpc) is 2.44. The van der Waals surface area contributed by atoms with Gasteiger partial charge in [-0.15, -0.1) is 0 Å². The van der Waals surface area contributed by atoms with Crippen LogP contribution in [-0.2, 0) is 4.79 Å². The van der Waals surface area contributed by atoms with Gasteiger partial charge < -0.3 is 15.0 Å². The molecule has 0 aromatic carbocycles. The Morgan fingerprint density at radius 3 is 2.67 bits per heavy atom. The van der Waals surface area contributed by atoms with Crippen molar-refractivity contribution in [3.8, 4) is 0 Å². The minimum absolute atomic E-state index is 0.160. The molecule has 3 atom stereocenters. The number of carboxylic acid groups (broad SMARTS) is 1. The van der Waals surface area contributed by atoms with Crippen molar-refractivity contribution >= 4 is 5.97 Å². The lowest BCUT2D eigenvalue weighted by molar-refractivity contribution is -0.313. The Labute approximate surface area is 128 Å². The van der Waals surface area contributed by atoms with Gasteiger partial charge in [-0.25, -0.2) is 0 Å². The maximum Gasteiger partial charge on any atom is 0.0531 e. The molecule has 0 heterocycles. The highest BCUT2D eigenvalue weighted by Gasteiger charge is 2.36. The van der Waals surface area contributed by atoms with Crippen LogP contribution in [0, 0.1) is 17.3 Å². The van der Waals surface area contributed by atoms with Gasteiger partial charge >= 0.3 is 0 Å². The van der Waals surface area contributed by atoms with Crippen molar-refractivity contribution < 1.29 is 15.0 Å². The van der Waals surface area contributed by atoms with Crippen molar-refractivity contribution in [3.05, 3.63) is 36.0 Å². The predicted octanol–water partition coefficient (Wildman–Crippen LogP) is 2.62. The third kappa shape index (κ3) is 5.16. The Hall–Kier alpha value is -1.35. The van der Waals surface area contributed by atoms with Crippen LogP contribution >= 0.6 is 0 Å². The molecule has 0 aromatic heterocycles. The first kappa shape index (κ1) is 17.7. The van der Waals surface area contributed by atoms with E-state index < -0.39 is 17.3 Å². The van der Waals surface area contributed by atoms with Gasteiger partial charge in [-0.3, -0.25) is 0 Å². The lowest BCUT2D eigenvalue weighted by atomic mass is 9.69. The zero-order valence-electron chi connectivity index (χ0n) is 13.3. The van der Waals surface area contributed by atoms with Crippen LogP contribution < -0.4 is 5.11 Å². The van der Waals surface area contributed by atoms with E-state index in [-0.39, 0.29) is 6.61 Å². The van der Waals surface area contributed by atoms with Crippen LogP contribution in [0.5, 0.6) is 0 Å².